The zero-order chi connectivity index (χ0) is 27.6. The first kappa shape index (κ1) is 32.0. The molecule has 0 fully saturated rings. The van der Waals surface area contributed by atoms with Gasteiger partial charge in [-0.3, -0.25) is 10.0 Å². The van der Waals surface area contributed by atoms with E-state index in [4.69, 9.17) is 0 Å². The first-order valence-electron chi connectivity index (χ1n) is 13.3. The largest absolute Gasteiger partial charge is 1.00 e. The van der Waals surface area contributed by atoms with Gasteiger partial charge < -0.3 is 24.8 Å². The van der Waals surface area contributed by atoms with Crippen molar-refractivity contribution in [2.24, 2.45) is 10.2 Å². The molecule has 42 heavy (non-hydrogen) atoms. The number of aromatic nitrogens is 2. The number of halogens is 2. The second kappa shape index (κ2) is 16.1. The van der Waals surface area contributed by atoms with Gasteiger partial charge in [-0.05, 0) is 24.3 Å². The lowest BCUT2D eigenvalue weighted by molar-refractivity contribution is -0.693. The summed E-state index contributed by atoms with van der Waals surface area (Å²) in [6.07, 6.45) is 12.2. The monoisotopic (exact) mass is 596 g/mol. The normalized spacial score (nSPS) is 10.7. The predicted octanol–water partition coefficient (Wildman–Crippen LogP) is -0.693. The molecule has 214 valence electrons. The van der Waals surface area contributed by atoms with Crippen LogP contribution in [-0.2, 0) is 13.1 Å². The summed E-state index contributed by atoms with van der Waals surface area (Å²) in [5.41, 5.74) is 6.80. The van der Waals surface area contributed by atoms with Crippen LogP contribution in [-0.4, -0.2) is 26.5 Å². The molecule has 3 aromatic carbocycles. The van der Waals surface area contributed by atoms with Crippen LogP contribution in [0.3, 0.4) is 0 Å². The third kappa shape index (κ3) is 8.99. The second-order valence-electron chi connectivity index (χ2n) is 9.58. The maximum absolute atomic E-state index is 4.57. The molecule has 2 aromatic heterocycles. The lowest BCUT2D eigenvalue weighted by atomic mass is 10.1. The average Bonchev–Trinajstić information content (AvgIpc) is 3.02. The molecule has 5 aromatic rings. The Morgan fingerprint density at radius 1 is 0.500 bits per heavy atom. The van der Waals surface area contributed by atoms with Crippen LogP contribution in [0.25, 0.3) is 0 Å². The molecule has 0 aliphatic rings. The molecule has 0 aliphatic carbocycles. The minimum absolute atomic E-state index is 0. The topological polar surface area (TPSA) is 39.0 Å². The first-order valence-corrected chi connectivity index (χ1v) is 13.3. The van der Waals surface area contributed by atoms with Gasteiger partial charge >= 0.3 is 0 Å². The van der Waals surface area contributed by atoms with Crippen LogP contribution in [0.1, 0.15) is 22.3 Å². The van der Waals surface area contributed by atoms with Crippen LogP contribution < -0.4 is 44.0 Å². The molecule has 0 atom stereocenters. The summed E-state index contributed by atoms with van der Waals surface area (Å²) in [4.78, 5) is 0. The summed E-state index contributed by atoms with van der Waals surface area (Å²) in [5.74, 6) is 0. The third-order valence-electron chi connectivity index (χ3n) is 6.68. The van der Waals surface area contributed by atoms with Crippen molar-refractivity contribution < 1.29 is 33.9 Å². The Morgan fingerprint density at radius 2 is 0.833 bits per heavy atom. The van der Waals surface area contributed by atoms with E-state index in [0.717, 1.165) is 35.6 Å². The molecule has 6 nitrogen and oxygen atoms in total. The van der Waals surface area contributed by atoms with Crippen molar-refractivity contribution in [3.8, 4) is 0 Å². The Bertz CT molecular complexity index is 1440. The number of hydrazone groups is 2. The highest BCUT2D eigenvalue weighted by Gasteiger charge is 2.12. The third-order valence-corrected chi connectivity index (χ3v) is 6.68. The van der Waals surface area contributed by atoms with Gasteiger partial charge in [-0.15, -0.1) is 0 Å². The molecule has 8 heteroatoms. The van der Waals surface area contributed by atoms with Crippen molar-refractivity contribution in [2.75, 3.05) is 24.1 Å². The fourth-order valence-corrected chi connectivity index (χ4v) is 4.31. The number of rotatable bonds is 10. The van der Waals surface area contributed by atoms with Crippen LogP contribution >= 0.6 is 0 Å². The van der Waals surface area contributed by atoms with Gasteiger partial charge in [-0.2, -0.15) is 10.2 Å². The van der Waals surface area contributed by atoms with E-state index in [-0.39, 0.29) is 24.8 Å². The summed E-state index contributed by atoms with van der Waals surface area (Å²) in [6.45, 7) is 1.60. The van der Waals surface area contributed by atoms with Crippen molar-refractivity contribution in [2.45, 2.75) is 13.1 Å². The first-order chi connectivity index (χ1) is 19.6. The number of pyridine rings is 2. The minimum Gasteiger partial charge on any atom is -1.00 e. The Hall–Kier alpha value is -4.52. The fourth-order valence-electron chi connectivity index (χ4n) is 4.31. The van der Waals surface area contributed by atoms with E-state index in [2.05, 4.69) is 92.7 Å². The van der Waals surface area contributed by atoms with Crippen molar-refractivity contribution in [1.82, 2.24) is 0 Å². The molecule has 0 amide bonds. The zero-order valence-corrected chi connectivity index (χ0v) is 25.2. The van der Waals surface area contributed by atoms with Crippen LogP contribution in [0, 0.1) is 0 Å². The van der Waals surface area contributed by atoms with Gasteiger partial charge in [0.2, 0.25) is 0 Å². The quantitative estimate of drug-likeness (QED) is 0.122. The molecule has 0 N–H and O–H groups in total. The maximum Gasteiger partial charge on any atom is 0.174 e. The minimum atomic E-state index is 0. The van der Waals surface area contributed by atoms with Crippen LogP contribution in [0.5, 0.6) is 0 Å². The van der Waals surface area contributed by atoms with Gasteiger partial charge in [0.05, 0.1) is 23.8 Å². The van der Waals surface area contributed by atoms with Crippen LogP contribution in [0.4, 0.5) is 11.4 Å². The lowest BCUT2D eigenvalue weighted by Crippen LogP contribution is -3.00. The molecule has 0 saturated carbocycles. The van der Waals surface area contributed by atoms with Crippen LogP contribution in [0.15, 0.2) is 144 Å². The predicted molar refractivity (Wildman–Crippen MR) is 163 cm³/mol. The van der Waals surface area contributed by atoms with Crippen molar-refractivity contribution in [3.63, 3.8) is 0 Å². The van der Waals surface area contributed by atoms with Gasteiger partial charge in [0.1, 0.15) is 0 Å². The molecule has 2 heterocycles. The van der Waals surface area contributed by atoms with E-state index < -0.39 is 0 Å². The van der Waals surface area contributed by atoms with Crippen molar-refractivity contribution in [1.29, 1.82) is 0 Å². The summed E-state index contributed by atoms with van der Waals surface area (Å²) in [6, 6.07) is 37.2. The number of anilines is 2. The molecule has 0 saturated heterocycles. The van der Waals surface area contributed by atoms with Gasteiger partial charge in [0, 0.05) is 60.6 Å². The number of benzene rings is 3. The molecular formula is C34H34Cl2N6. The van der Waals surface area contributed by atoms with Gasteiger partial charge in [-0.1, -0.05) is 60.7 Å². The zero-order valence-electron chi connectivity index (χ0n) is 23.7. The van der Waals surface area contributed by atoms with E-state index >= 15 is 0 Å². The number of hydrogen-bond donors (Lipinski definition) is 0. The van der Waals surface area contributed by atoms with E-state index in [0.29, 0.717) is 0 Å². The smallest absolute Gasteiger partial charge is 0.174 e. The van der Waals surface area contributed by atoms with Gasteiger partial charge in [0.25, 0.3) is 0 Å². The highest BCUT2D eigenvalue weighted by atomic mass is 35.5. The molecule has 5 rings (SSSR count). The van der Waals surface area contributed by atoms with E-state index in [1.807, 2.05) is 97.2 Å². The molecule has 0 spiro atoms. The molecular weight excluding hydrogens is 563 g/mol. The maximum atomic E-state index is 4.57. The molecule has 0 aliphatic heterocycles. The van der Waals surface area contributed by atoms with E-state index in [1.165, 1.54) is 11.1 Å². The highest BCUT2D eigenvalue weighted by Crippen LogP contribution is 2.12. The molecule has 0 bridgehead atoms. The molecule has 0 unspecified atom stereocenters. The highest BCUT2D eigenvalue weighted by molar-refractivity contribution is 5.80. The van der Waals surface area contributed by atoms with Crippen molar-refractivity contribution >= 4 is 23.8 Å². The lowest BCUT2D eigenvalue weighted by Gasteiger charge is -2.12. The van der Waals surface area contributed by atoms with E-state index in [1.54, 1.807) is 0 Å². The van der Waals surface area contributed by atoms with Gasteiger partial charge in [0.15, 0.2) is 37.9 Å². The summed E-state index contributed by atoms with van der Waals surface area (Å²) in [7, 11) is 3.91. The van der Waals surface area contributed by atoms with Crippen molar-refractivity contribution in [3.05, 3.63) is 156 Å². The Labute approximate surface area is 260 Å². The Balaban J connectivity index is 0.00000242. The summed E-state index contributed by atoms with van der Waals surface area (Å²) in [5, 5.41) is 12.9. The average molecular weight is 598 g/mol. The standard InChI is InChI=1S/C34H34N6.2ClH/c1-37(33-13-5-3-6-14-33)35-25-29-17-21-39(22-18-29)27-31-11-9-10-12-32(31)28-40-23-19-30(20-24-40)26-36-38(2)34-15-7-4-8-16-34;;/h3-26H,27-28H2,1-2H3;2*1H/q+2;;/p-2. The Morgan fingerprint density at radius 3 is 1.19 bits per heavy atom. The summed E-state index contributed by atoms with van der Waals surface area (Å²) >= 11 is 0. The van der Waals surface area contributed by atoms with Crippen LogP contribution in [0.2, 0.25) is 0 Å². The SMILES string of the molecule is CN(/N=C/c1cc[n+](Cc2ccccc2C[n+]2ccc(/C=N/N(C)c3ccccc3)cc2)cc1)c1ccccc1.[Cl-].[Cl-]. The van der Waals surface area contributed by atoms with E-state index in [9.17, 15) is 0 Å². The molecule has 0 radical (unpaired) electrons. The Kier molecular flexibility index (Phi) is 12.2. The fraction of sp³-hybridized carbons (Fsp3) is 0.118. The number of hydrogen-bond acceptors (Lipinski definition) is 4. The number of nitrogens with zero attached hydrogens (tertiary/aromatic N) is 6. The second-order valence-corrected chi connectivity index (χ2v) is 9.58. The number of para-hydroxylation sites is 2. The van der Waals surface area contributed by atoms with Gasteiger partial charge in [-0.25, -0.2) is 9.13 Å². The summed E-state index contributed by atoms with van der Waals surface area (Å²) < 4.78 is 4.40.